The second-order valence-corrected chi connectivity index (χ2v) is 2.96. The summed E-state index contributed by atoms with van der Waals surface area (Å²) in [5, 5.41) is 0. The van der Waals surface area contributed by atoms with E-state index in [1.54, 1.807) is 0 Å². The van der Waals surface area contributed by atoms with Gasteiger partial charge in [0.2, 0.25) is 0 Å². The van der Waals surface area contributed by atoms with Crippen molar-refractivity contribution >= 4 is 0 Å². The highest BCUT2D eigenvalue weighted by molar-refractivity contribution is 5.39. The van der Waals surface area contributed by atoms with E-state index in [0.717, 1.165) is 12.8 Å². The molecule has 54 valence electrons. The maximum Gasteiger partial charge on any atom is 0.0455 e. The molecule has 2 rings (SSSR count). The van der Waals surface area contributed by atoms with E-state index in [0.29, 0.717) is 5.92 Å². The fourth-order valence-corrected chi connectivity index (χ4v) is 1.73. The first-order chi connectivity index (χ1) is 5.42. The molecule has 0 saturated heterocycles. The molecular formula is C11H10. The van der Waals surface area contributed by atoms with Gasteiger partial charge in [0.15, 0.2) is 0 Å². The number of aryl methyl sites for hydroxylation is 1. The van der Waals surface area contributed by atoms with Gasteiger partial charge in [-0.25, -0.2) is 0 Å². The molecule has 0 aromatic heterocycles. The molecule has 0 amide bonds. The summed E-state index contributed by atoms with van der Waals surface area (Å²) in [6.07, 6.45) is 7.69. The molecule has 0 radical (unpaired) electrons. The Morgan fingerprint density at radius 2 is 2.18 bits per heavy atom. The van der Waals surface area contributed by atoms with Crippen LogP contribution in [-0.2, 0) is 6.42 Å². The van der Waals surface area contributed by atoms with Gasteiger partial charge in [0.1, 0.15) is 0 Å². The number of terminal acetylenes is 1. The molecule has 0 unspecified atom stereocenters. The summed E-state index contributed by atoms with van der Waals surface area (Å²) in [6.45, 7) is 0. The van der Waals surface area contributed by atoms with E-state index in [1.165, 1.54) is 11.1 Å². The summed E-state index contributed by atoms with van der Waals surface area (Å²) in [7, 11) is 0. The van der Waals surface area contributed by atoms with Crippen LogP contribution in [0, 0.1) is 12.3 Å². The average Bonchev–Trinajstić information content (AvgIpc) is 2.47. The minimum Gasteiger partial charge on any atom is -0.119 e. The standard InChI is InChI=1S/C11H10/c1-2-9-7-8-10-5-3-4-6-11(9)10/h1,3-6,9H,7-8H2/t9-/m1/s1. The largest absolute Gasteiger partial charge is 0.119 e. The Labute approximate surface area is 67.2 Å². The summed E-state index contributed by atoms with van der Waals surface area (Å²) in [4.78, 5) is 0. The Hall–Kier alpha value is -1.22. The average molecular weight is 142 g/mol. The van der Waals surface area contributed by atoms with E-state index in [1.807, 2.05) is 0 Å². The minimum absolute atomic E-state index is 0.381. The Bertz CT molecular complexity index is 304. The second kappa shape index (κ2) is 2.43. The van der Waals surface area contributed by atoms with Gasteiger partial charge in [-0.05, 0) is 24.0 Å². The molecule has 0 bridgehead atoms. The molecule has 1 atom stereocenters. The summed E-state index contributed by atoms with van der Waals surface area (Å²) in [5.41, 5.74) is 2.81. The highest BCUT2D eigenvalue weighted by atomic mass is 14.2. The van der Waals surface area contributed by atoms with Crippen LogP contribution in [0.5, 0.6) is 0 Å². The molecule has 1 aliphatic rings. The van der Waals surface area contributed by atoms with Crippen LogP contribution in [0.4, 0.5) is 0 Å². The molecule has 0 fully saturated rings. The van der Waals surface area contributed by atoms with Crippen LogP contribution in [0.2, 0.25) is 0 Å². The van der Waals surface area contributed by atoms with Crippen LogP contribution in [0.1, 0.15) is 23.5 Å². The highest BCUT2D eigenvalue weighted by Gasteiger charge is 2.18. The lowest BCUT2D eigenvalue weighted by atomic mass is 10.0. The fourth-order valence-electron chi connectivity index (χ4n) is 1.73. The zero-order valence-corrected chi connectivity index (χ0v) is 6.38. The third kappa shape index (κ3) is 0.935. The molecular weight excluding hydrogens is 132 g/mol. The van der Waals surface area contributed by atoms with Gasteiger partial charge in [0, 0.05) is 5.92 Å². The molecule has 0 heterocycles. The summed E-state index contributed by atoms with van der Waals surface area (Å²) < 4.78 is 0. The van der Waals surface area contributed by atoms with E-state index in [2.05, 4.69) is 30.2 Å². The molecule has 0 saturated carbocycles. The maximum atomic E-state index is 5.40. The van der Waals surface area contributed by atoms with Crippen molar-refractivity contribution in [2.75, 3.05) is 0 Å². The quantitative estimate of drug-likeness (QED) is 0.488. The first-order valence-corrected chi connectivity index (χ1v) is 3.96. The van der Waals surface area contributed by atoms with Gasteiger partial charge in [0.25, 0.3) is 0 Å². The summed E-state index contributed by atoms with van der Waals surface area (Å²) >= 11 is 0. The van der Waals surface area contributed by atoms with Crippen molar-refractivity contribution in [1.29, 1.82) is 0 Å². The van der Waals surface area contributed by atoms with Crippen molar-refractivity contribution in [3.8, 4) is 12.3 Å². The second-order valence-electron chi connectivity index (χ2n) is 2.96. The number of hydrogen-bond donors (Lipinski definition) is 0. The first-order valence-electron chi connectivity index (χ1n) is 3.96. The van der Waals surface area contributed by atoms with Gasteiger partial charge in [0.05, 0.1) is 0 Å². The van der Waals surface area contributed by atoms with Gasteiger partial charge in [-0.15, -0.1) is 6.42 Å². The maximum absolute atomic E-state index is 5.40. The van der Waals surface area contributed by atoms with E-state index in [9.17, 15) is 0 Å². The Balaban J connectivity index is 2.49. The third-order valence-electron chi connectivity index (χ3n) is 2.33. The Kier molecular flexibility index (Phi) is 1.43. The molecule has 0 nitrogen and oxygen atoms in total. The minimum atomic E-state index is 0.381. The number of fused-ring (bicyclic) bond motifs is 1. The lowest BCUT2D eigenvalue weighted by Gasteiger charge is -2.00. The molecule has 1 aromatic carbocycles. The molecule has 0 N–H and O–H groups in total. The molecule has 11 heavy (non-hydrogen) atoms. The van der Waals surface area contributed by atoms with Crippen molar-refractivity contribution in [2.45, 2.75) is 18.8 Å². The topological polar surface area (TPSA) is 0 Å². The van der Waals surface area contributed by atoms with Crippen molar-refractivity contribution in [1.82, 2.24) is 0 Å². The van der Waals surface area contributed by atoms with Crippen molar-refractivity contribution in [3.63, 3.8) is 0 Å². The van der Waals surface area contributed by atoms with Gasteiger partial charge >= 0.3 is 0 Å². The van der Waals surface area contributed by atoms with Gasteiger partial charge < -0.3 is 0 Å². The zero-order chi connectivity index (χ0) is 7.68. The summed E-state index contributed by atoms with van der Waals surface area (Å²) in [6, 6.07) is 8.46. The SMILES string of the molecule is C#C[C@@H]1CCc2ccccc21. The third-order valence-corrected chi connectivity index (χ3v) is 2.33. The lowest BCUT2D eigenvalue weighted by molar-refractivity contribution is 0.837. The fraction of sp³-hybridized carbons (Fsp3) is 0.273. The monoisotopic (exact) mass is 142 g/mol. The van der Waals surface area contributed by atoms with Gasteiger partial charge in [-0.3, -0.25) is 0 Å². The molecule has 1 aliphatic carbocycles. The zero-order valence-electron chi connectivity index (χ0n) is 6.38. The van der Waals surface area contributed by atoms with Crippen molar-refractivity contribution in [3.05, 3.63) is 35.4 Å². The number of rotatable bonds is 0. The predicted octanol–water partition coefficient (Wildman–Crippen LogP) is 2.35. The highest BCUT2D eigenvalue weighted by Crippen LogP contribution is 2.31. The Morgan fingerprint density at radius 3 is 3.00 bits per heavy atom. The van der Waals surface area contributed by atoms with E-state index in [4.69, 9.17) is 6.42 Å². The normalized spacial score (nSPS) is 20.8. The van der Waals surface area contributed by atoms with Gasteiger partial charge in [-0.1, -0.05) is 30.2 Å². The van der Waals surface area contributed by atoms with Crippen LogP contribution in [-0.4, -0.2) is 0 Å². The van der Waals surface area contributed by atoms with E-state index >= 15 is 0 Å². The molecule has 0 heteroatoms. The van der Waals surface area contributed by atoms with E-state index in [-0.39, 0.29) is 0 Å². The van der Waals surface area contributed by atoms with Crippen LogP contribution in [0.15, 0.2) is 24.3 Å². The van der Waals surface area contributed by atoms with Crippen LogP contribution >= 0.6 is 0 Å². The predicted molar refractivity (Wildman–Crippen MR) is 46.3 cm³/mol. The van der Waals surface area contributed by atoms with Crippen molar-refractivity contribution in [2.24, 2.45) is 0 Å². The Morgan fingerprint density at radius 1 is 1.36 bits per heavy atom. The number of hydrogen-bond acceptors (Lipinski definition) is 0. The van der Waals surface area contributed by atoms with Crippen LogP contribution < -0.4 is 0 Å². The molecule has 0 spiro atoms. The first kappa shape index (κ1) is 6.49. The molecule has 0 aliphatic heterocycles. The molecule has 1 aromatic rings. The van der Waals surface area contributed by atoms with Crippen LogP contribution in [0.25, 0.3) is 0 Å². The van der Waals surface area contributed by atoms with Gasteiger partial charge in [-0.2, -0.15) is 0 Å². The smallest absolute Gasteiger partial charge is 0.0455 e. The van der Waals surface area contributed by atoms with Crippen molar-refractivity contribution < 1.29 is 0 Å². The van der Waals surface area contributed by atoms with E-state index < -0.39 is 0 Å². The number of benzene rings is 1. The van der Waals surface area contributed by atoms with Crippen LogP contribution in [0.3, 0.4) is 0 Å². The summed E-state index contributed by atoms with van der Waals surface area (Å²) in [5.74, 6) is 3.20. The lowest BCUT2D eigenvalue weighted by Crippen LogP contribution is -1.86.